The minimum Gasteiger partial charge on any atom is -0.374 e. The number of rotatable bonds is 7. The number of nitrogens with zero attached hydrogens (tertiary/aromatic N) is 3. The molecule has 0 fully saturated rings. The third kappa shape index (κ3) is 6.29. The number of aliphatic hydroxyl groups is 1. The van der Waals surface area contributed by atoms with Gasteiger partial charge in [-0.25, -0.2) is 4.98 Å². The molecule has 2 unspecified atom stereocenters. The van der Waals surface area contributed by atoms with Gasteiger partial charge in [-0.05, 0) is 19.8 Å². The smallest absolute Gasteiger partial charge is 0.374 e. The molecule has 1 aromatic rings. The van der Waals surface area contributed by atoms with Gasteiger partial charge in [0, 0.05) is 45.0 Å². The zero-order valence-corrected chi connectivity index (χ0v) is 18.1. The Kier molecular flexibility index (Phi) is 9.92. The normalized spacial score (nSPS) is 16.0. The fourth-order valence-electron chi connectivity index (χ4n) is 2.18. The van der Waals surface area contributed by atoms with Gasteiger partial charge < -0.3 is 20.3 Å². The van der Waals surface area contributed by atoms with E-state index in [1.807, 2.05) is 27.7 Å². The van der Waals surface area contributed by atoms with Crippen molar-refractivity contribution in [2.75, 3.05) is 13.1 Å². The first-order valence-corrected chi connectivity index (χ1v) is 8.34. The number of guanidine groups is 1. The molecule has 0 aliphatic rings. The van der Waals surface area contributed by atoms with Crippen molar-refractivity contribution in [2.45, 2.75) is 51.9 Å². The zero-order valence-electron chi connectivity index (χ0n) is 15.8. The Morgan fingerprint density at radius 1 is 1.35 bits per heavy atom. The fourth-order valence-corrected chi connectivity index (χ4v) is 2.18. The fraction of sp³-hybridized carbons (Fsp3) is 0.750. The van der Waals surface area contributed by atoms with Gasteiger partial charge in [-0.3, -0.25) is 4.99 Å². The predicted molar refractivity (Wildman–Crippen MR) is 107 cm³/mol. The lowest BCUT2D eigenvalue weighted by atomic mass is 9.98. The molecule has 0 aliphatic heterocycles. The molecule has 152 valence electrons. The Hall–Kier alpha value is -1.04. The number of halogens is 4. The third-order valence-electron chi connectivity index (χ3n) is 4.11. The van der Waals surface area contributed by atoms with Crippen LogP contribution in [0.3, 0.4) is 0 Å². The van der Waals surface area contributed by atoms with Crippen LogP contribution in [0.5, 0.6) is 0 Å². The minimum absolute atomic E-state index is 0. The van der Waals surface area contributed by atoms with Gasteiger partial charge in [-0.2, -0.15) is 13.2 Å². The van der Waals surface area contributed by atoms with E-state index in [0.29, 0.717) is 18.4 Å². The molecule has 0 spiro atoms. The second-order valence-electron chi connectivity index (χ2n) is 6.41. The molecule has 0 radical (unpaired) electrons. The average Bonchev–Trinajstić information content (AvgIpc) is 2.92. The van der Waals surface area contributed by atoms with Gasteiger partial charge in [0.15, 0.2) is 5.96 Å². The van der Waals surface area contributed by atoms with Crippen LogP contribution >= 0.6 is 24.0 Å². The molecule has 0 saturated carbocycles. The van der Waals surface area contributed by atoms with Gasteiger partial charge in [0.25, 0.3) is 0 Å². The van der Waals surface area contributed by atoms with Crippen molar-refractivity contribution < 1.29 is 18.3 Å². The summed E-state index contributed by atoms with van der Waals surface area (Å²) in [7, 11) is 1.41. The number of nitrogens with one attached hydrogen (secondary N) is 2. The van der Waals surface area contributed by atoms with Crippen molar-refractivity contribution >= 4 is 29.9 Å². The number of hydrogen-bond donors (Lipinski definition) is 3. The number of aromatic nitrogens is 2. The summed E-state index contributed by atoms with van der Waals surface area (Å²) >= 11 is 0. The highest BCUT2D eigenvalue weighted by Gasteiger charge is 2.57. The molecule has 0 aliphatic carbocycles. The van der Waals surface area contributed by atoms with E-state index in [2.05, 4.69) is 20.6 Å². The maximum atomic E-state index is 13.5. The highest BCUT2D eigenvalue weighted by atomic mass is 127. The maximum absolute atomic E-state index is 13.5. The molecule has 26 heavy (non-hydrogen) atoms. The Morgan fingerprint density at radius 2 is 1.96 bits per heavy atom. The van der Waals surface area contributed by atoms with Crippen molar-refractivity contribution in [3.05, 3.63) is 18.2 Å². The van der Waals surface area contributed by atoms with Gasteiger partial charge in [0.05, 0.1) is 0 Å². The highest BCUT2D eigenvalue weighted by Crippen LogP contribution is 2.40. The molecule has 10 heteroatoms. The van der Waals surface area contributed by atoms with E-state index in [9.17, 15) is 18.3 Å². The van der Waals surface area contributed by atoms with E-state index in [4.69, 9.17) is 0 Å². The van der Waals surface area contributed by atoms with Gasteiger partial charge in [-0.15, -0.1) is 24.0 Å². The summed E-state index contributed by atoms with van der Waals surface area (Å²) in [6, 6.07) is 0.105. The monoisotopic (exact) mass is 491 g/mol. The molecule has 1 aromatic heterocycles. The number of hydrogen-bond acceptors (Lipinski definition) is 3. The van der Waals surface area contributed by atoms with Gasteiger partial charge in [-0.1, -0.05) is 13.8 Å². The van der Waals surface area contributed by atoms with Gasteiger partial charge in [0.1, 0.15) is 5.82 Å². The number of imidazole rings is 1. The molecule has 0 aromatic carbocycles. The molecule has 0 saturated heterocycles. The largest absolute Gasteiger partial charge is 0.424 e. The summed E-state index contributed by atoms with van der Waals surface area (Å²) < 4.78 is 41.5. The van der Waals surface area contributed by atoms with Crippen LogP contribution in [-0.4, -0.2) is 45.9 Å². The molecule has 6 nitrogen and oxygen atoms in total. The minimum atomic E-state index is -4.85. The summed E-state index contributed by atoms with van der Waals surface area (Å²) in [4.78, 5) is 7.84. The van der Waals surface area contributed by atoms with E-state index >= 15 is 0 Å². The van der Waals surface area contributed by atoms with Crippen molar-refractivity contribution in [3.8, 4) is 0 Å². The van der Waals surface area contributed by atoms with E-state index in [1.165, 1.54) is 24.0 Å². The Labute approximate surface area is 169 Å². The summed E-state index contributed by atoms with van der Waals surface area (Å²) in [5.41, 5.74) is -3.05. The number of aryl methyl sites for hydroxylation is 1. The van der Waals surface area contributed by atoms with Crippen LogP contribution in [0.25, 0.3) is 0 Å². The number of aliphatic imine (C=N–C) groups is 1. The molecule has 0 bridgehead atoms. The topological polar surface area (TPSA) is 74.5 Å². The van der Waals surface area contributed by atoms with E-state index < -0.39 is 24.0 Å². The Bertz CT molecular complexity index is 576. The van der Waals surface area contributed by atoms with Crippen molar-refractivity contribution in [1.82, 2.24) is 20.2 Å². The second kappa shape index (κ2) is 10.3. The Balaban J connectivity index is 0.00000625. The third-order valence-corrected chi connectivity index (χ3v) is 4.11. The lowest BCUT2D eigenvalue weighted by Crippen LogP contribution is -2.46. The first-order valence-electron chi connectivity index (χ1n) is 8.34. The van der Waals surface area contributed by atoms with Crippen LogP contribution in [0.2, 0.25) is 0 Å². The molecular weight excluding hydrogens is 462 g/mol. The van der Waals surface area contributed by atoms with Crippen LogP contribution in [0.4, 0.5) is 13.2 Å². The van der Waals surface area contributed by atoms with Crippen LogP contribution in [0.15, 0.2) is 17.4 Å². The summed E-state index contributed by atoms with van der Waals surface area (Å²) in [5.74, 6) is 0.320. The molecule has 0 amide bonds. The Morgan fingerprint density at radius 3 is 2.38 bits per heavy atom. The van der Waals surface area contributed by atoms with Crippen LogP contribution in [-0.2, 0) is 12.6 Å². The predicted octanol–water partition coefficient (Wildman–Crippen LogP) is 2.78. The highest BCUT2D eigenvalue weighted by molar-refractivity contribution is 14.0. The summed E-state index contributed by atoms with van der Waals surface area (Å²) in [5, 5.41) is 16.4. The van der Waals surface area contributed by atoms with Crippen LogP contribution < -0.4 is 10.6 Å². The standard InChI is InChI=1S/C16H28F3N5O.HI/c1-6-20-14(23-12(4)11(2)3)22-8-7-15(25,16(17,18)19)13-21-9-10-24(13)5;/h9-12,25H,6-8H2,1-5H3,(H2,20,22,23);1H. The van der Waals surface area contributed by atoms with Crippen molar-refractivity contribution in [2.24, 2.45) is 18.0 Å². The summed E-state index contributed by atoms with van der Waals surface area (Å²) in [6.07, 6.45) is -2.87. The van der Waals surface area contributed by atoms with E-state index in [-0.39, 0.29) is 36.6 Å². The van der Waals surface area contributed by atoms with Crippen molar-refractivity contribution in [3.63, 3.8) is 0 Å². The second-order valence-corrected chi connectivity index (χ2v) is 6.41. The lowest BCUT2D eigenvalue weighted by Gasteiger charge is -2.29. The van der Waals surface area contributed by atoms with E-state index in [1.54, 1.807) is 0 Å². The molecule has 3 N–H and O–H groups in total. The quantitative estimate of drug-likeness (QED) is 0.312. The van der Waals surface area contributed by atoms with Gasteiger partial charge in [0.2, 0.25) is 5.60 Å². The molecular formula is C16H29F3IN5O. The molecule has 2 atom stereocenters. The van der Waals surface area contributed by atoms with Gasteiger partial charge >= 0.3 is 6.18 Å². The zero-order chi connectivity index (χ0) is 19.3. The van der Waals surface area contributed by atoms with Crippen LogP contribution in [0.1, 0.15) is 39.9 Å². The molecule has 1 rings (SSSR count). The van der Waals surface area contributed by atoms with Crippen molar-refractivity contribution in [1.29, 1.82) is 0 Å². The SMILES string of the molecule is CCNC(=NCCC(O)(c1nccn1C)C(F)(F)F)NC(C)C(C)C.I. The molecule has 1 heterocycles. The summed E-state index contributed by atoms with van der Waals surface area (Å²) in [6.45, 7) is 8.28. The average molecular weight is 491 g/mol. The first kappa shape index (κ1) is 25.0. The first-order chi connectivity index (χ1) is 11.5. The van der Waals surface area contributed by atoms with Crippen LogP contribution in [0, 0.1) is 5.92 Å². The van der Waals surface area contributed by atoms with E-state index in [0.717, 1.165) is 0 Å². The number of alkyl halides is 3. The lowest BCUT2D eigenvalue weighted by molar-refractivity contribution is -0.272. The maximum Gasteiger partial charge on any atom is 0.424 e.